The summed E-state index contributed by atoms with van der Waals surface area (Å²) in [6, 6.07) is 7.98. The van der Waals surface area contributed by atoms with Crippen molar-refractivity contribution in [1.29, 1.82) is 0 Å². The predicted molar refractivity (Wildman–Crippen MR) is 92.4 cm³/mol. The van der Waals surface area contributed by atoms with Gasteiger partial charge in [0.2, 0.25) is 0 Å². The second kappa shape index (κ2) is 6.66. The Morgan fingerprint density at radius 2 is 1.96 bits per heavy atom. The minimum absolute atomic E-state index is 0.462. The van der Waals surface area contributed by atoms with Crippen LogP contribution in [0.1, 0.15) is 6.42 Å². The SMILES string of the molecule is CN(C)CCCOc1cc(-c2ccncc2)cc2[nH]nc(N)c12. The highest BCUT2D eigenvalue weighted by molar-refractivity contribution is 5.97. The number of benzene rings is 1. The van der Waals surface area contributed by atoms with Gasteiger partial charge in [0, 0.05) is 18.9 Å². The van der Waals surface area contributed by atoms with Gasteiger partial charge in [-0.2, -0.15) is 5.10 Å². The number of nitrogens with zero attached hydrogens (tertiary/aromatic N) is 3. The van der Waals surface area contributed by atoms with Gasteiger partial charge in [0.25, 0.3) is 0 Å². The number of H-pyrrole nitrogens is 1. The third-order valence-electron chi connectivity index (χ3n) is 3.68. The summed E-state index contributed by atoms with van der Waals surface area (Å²) >= 11 is 0. The molecule has 0 aliphatic rings. The van der Waals surface area contributed by atoms with Crippen LogP contribution in [-0.2, 0) is 0 Å². The molecule has 0 fully saturated rings. The molecule has 0 unspecified atom stereocenters. The van der Waals surface area contributed by atoms with Crippen molar-refractivity contribution in [2.24, 2.45) is 0 Å². The zero-order valence-corrected chi connectivity index (χ0v) is 13.4. The third kappa shape index (κ3) is 3.43. The summed E-state index contributed by atoms with van der Waals surface area (Å²) in [7, 11) is 4.10. The van der Waals surface area contributed by atoms with E-state index in [1.54, 1.807) is 12.4 Å². The molecule has 6 heteroatoms. The van der Waals surface area contributed by atoms with Gasteiger partial charge in [-0.05, 0) is 55.9 Å². The number of anilines is 1. The molecule has 6 nitrogen and oxygen atoms in total. The van der Waals surface area contributed by atoms with Gasteiger partial charge in [0.05, 0.1) is 17.5 Å². The largest absolute Gasteiger partial charge is 0.493 e. The van der Waals surface area contributed by atoms with Crippen LogP contribution in [0.5, 0.6) is 5.75 Å². The lowest BCUT2D eigenvalue weighted by molar-refractivity contribution is 0.284. The molecule has 3 N–H and O–H groups in total. The second-order valence-corrected chi connectivity index (χ2v) is 5.75. The van der Waals surface area contributed by atoms with Crippen molar-refractivity contribution >= 4 is 16.7 Å². The number of hydrogen-bond donors (Lipinski definition) is 2. The molecule has 23 heavy (non-hydrogen) atoms. The average molecular weight is 311 g/mol. The fraction of sp³-hybridized carbons (Fsp3) is 0.294. The average Bonchev–Trinajstić information content (AvgIpc) is 2.93. The first-order valence-corrected chi connectivity index (χ1v) is 7.60. The van der Waals surface area contributed by atoms with E-state index in [1.807, 2.05) is 24.3 Å². The number of aromatic nitrogens is 3. The van der Waals surface area contributed by atoms with Crippen molar-refractivity contribution in [3.8, 4) is 16.9 Å². The molecular formula is C17H21N5O. The third-order valence-corrected chi connectivity index (χ3v) is 3.68. The number of nitrogens with two attached hydrogens (primary N) is 1. The first kappa shape index (κ1) is 15.3. The number of ether oxygens (including phenoxy) is 1. The molecule has 0 atom stereocenters. The van der Waals surface area contributed by atoms with Gasteiger partial charge in [-0.25, -0.2) is 0 Å². The van der Waals surface area contributed by atoms with Crippen LogP contribution in [0, 0.1) is 0 Å². The van der Waals surface area contributed by atoms with Crippen LogP contribution < -0.4 is 10.5 Å². The van der Waals surface area contributed by atoms with E-state index in [9.17, 15) is 0 Å². The van der Waals surface area contributed by atoms with Crippen LogP contribution in [0.3, 0.4) is 0 Å². The summed E-state index contributed by atoms with van der Waals surface area (Å²) < 4.78 is 5.99. The van der Waals surface area contributed by atoms with E-state index in [1.165, 1.54) is 0 Å². The molecule has 0 amide bonds. The van der Waals surface area contributed by atoms with Crippen molar-refractivity contribution in [1.82, 2.24) is 20.1 Å². The van der Waals surface area contributed by atoms with Crippen LogP contribution in [0.2, 0.25) is 0 Å². The lowest BCUT2D eigenvalue weighted by Crippen LogP contribution is -2.15. The van der Waals surface area contributed by atoms with Gasteiger partial charge < -0.3 is 15.4 Å². The fourth-order valence-corrected chi connectivity index (χ4v) is 2.53. The van der Waals surface area contributed by atoms with Crippen LogP contribution in [-0.4, -0.2) is 47.3 Å². The molecule has 120 valence electrons. The number of nitrogens with one attached hydrogen (secondary N) is 1. The smallest absolute Gasteiger partial charge is 0.156 e. The molecule has 0 radical (unpaired) electrons. The molecule has 3 rings (SSSR count). The number of hydrogen-bond acceptors (Lipinski definition) is 5. The van der Waals surface area contributed by atoms with Crippen molar-refractivity contribution in [3.05, 3.63) is 36.7 Å². The van der Waals surface area contributed by atoms with Gasteiger partial charge >= 0.3 is 0 Å². The number of rotatable bonds is 6. The Morgan fingerprint density at radius 1 is 1.17 bits per heavy atom. The first-order chi connectivity index (χ1) is 11.1. The second-order valence-electron chi connectivity index (χ2n) is 5.75. The molecule has 0 saturated carbocycles. The molecule has 3 aromatic rings. The zero-order chi connectivity index (χ0) is 16.2. The summed E-state index contributed by atoms with van der Waals surface area (Å²) in [5.41, 5.74) is 8.98. The fourth-order valence-electron chi connectivity index (χ4n) is 2.53. The Kier molecular flexibility index (Phi) is 4.43. The Morgan fingerprint density at radius 3 is 2.70 bits per heavy atom. The van der Waals surface area contributed by atoms with E-state index in [0.717, 1.165) is 40.7 Å². The Labute approximate surface area is 135 Å². The lowest BCUT2D eigenvalue weighted by atomic mass is 10.0. The van der Waals surface area contributed by atoms with Crippen molar-refractivity contribution < 1.29 is 4.74 Å². The Bertz CT molecular complexity index is 782. The number of aromatic amines is 1. The molecule has 1 aromatic carbocycles. The van der Waals surface area contributed by atoms with Gasteiger partial charge in [-0.3, -0.25) is 10.1 Å². The van der Waals surface area contributed by atoms with Gasteiger partial charge in [0.15, 0.2) is 5.82 Å². The van der Waals surface area contributed by atoms with E-state index in [0.29, 0.717) is 12.4 Å². The van der Waals surface area contributed by atoms with Gasteiger partial charge in [-0.15, -0.1) is 0 Å². The van der Waals surface area contributed by atoms with E-state index in [4.69, 9.17) is 10.5 Å². The quantitative estimate of drug-likeness (QED) is 0.684. The van der Waals surface area contributed by atoms with E-state index >= 15 is 0 Å². The molecule has 2 aromatic heterocycles. The molecular weight excluding hydrogens is 290 g/mol. The van der Waals surface area contributed by atoms with Crippen LogP contribution in [0.25, 0.3) is 22.0 Å². The lowest BCUT2D eigenvalue weighted by Gasteiger charge is -2.12. The molecule has 0 aliphatic carbocycles. The van der Waals surface area contributed by atoms with Gasteiger partial charge in [-0.1, -0.05) is 0 Å². The summed E-state index contributed by atoms with van der Waals surface area (Å²) in [6.07, 6.45) is 4.50. The predicted octanol–water partition coefficient (Wildman–Crippen LogP) is 2.54. The number of fused-ring (bicyclic) bond motifs is 1. The molecule has 0 bridgehead atoms. The number of pyridine rings is 1. The van der Waals surface area contributed by atoms with Crippen LogP contribution in [0.15, 0.2) is 36.7 Å². The highest BCUT2D eigenvalue weighted by Gasteiger charge is 2.12. The summed E-state index contributed by atoms with van der Waals surface area (Å²) in [5, 5.41) is 7.91. The maximum absolute atomic E-state index is 5.99. The molecule has 0 saturated heterocycles. The van der Waals surface area contributed by atoms with Crippen molar-refractivity contribution in [2.75, 3.05) is 33.0 Å². The van der Waals surface area contributed by atoms with Crippen molar-refractivity contribution in [2.45, 2.75) is 6.42 Å². The Balaban J connectivity index is 1.92. The van der Waals surface area contributed by atoms with E-state index in [-0.39, 0.29) is 0 Å². The normalized spacial score (nSPS) is 11.3. The van der Waals surface area contributed by atoms with Gasteiger partial charge in [0.1, 0.15) is 5.75 Å². The number of nitrogen functional groups attached to an aromatic ring is 1. The minimum Gasteiger partial charge on any atom is -0.493 e. The molecule has 2 heterocycles. The maximum Gasteiger partial charge on any atom is 0.156 e. The van der Waals surface area contributed by atoms with Crippen LogP contribution >= 0.6 is 0 Å². The first-order valence-electron chi connectivity index (χ1n) is 7.60. The zero-order valence-electron chi connectivity index (χ0n) is 13.4. The summed E-state index contributed by atoms with van der Waals surface area (Å²) in [6.45, 7) is 1.62. The molecule has 0 spiro atoms. The van der Waals surface area contributed by atoms with Crippen LogP contribution in [0.4, 0.5) is 5.82 Å². The summed E-state index contributed by atoms with van der Waals surface area (Å²) in [4.78, 5) is 6.20. The van der Waals surface area contributed by atoms with E-state index in [2.05, 4.69) is 34.2 Å². The monoisotopic (exact) mass is 311 g/mol. The Hall–Kier alpha value is -2.60. The highest BCUT2D eigenvalue weighted by Crippen LogP contribution is 2.34. The highest BCUT2D eigenvalue weighted by atomic mass is 16.5. The van der Waals surface area contributed by atoms with Crippen molar-refractivity contribution in [3.63, 3.8) is 0 Å². The van der Waals surface area contributed by atoms with E-state index < -0.39 is 0 Å². The maximum atomic E-state index is 5.99. The summed E-state index contributed by atoms with van der Waals surface area (Å²) in [5.74, 6) is 1.23. The minimum atomic E-state index is 0.462. The molecule has 0 aliphatic heterocycles. The standard InChI is InChI=1S/C17H21N5O/c1-22(2)8-3-9-23-15-11-13(12-4-6-19-7-5-12)10-14-16(15)17(18)21-20-14/h4-7,10-11H,3,8-9H2,1-2H3,(H3,18,20,21). The topological polar surface area (TPSA) is 80.1 Å².